The summed E-state index contributed by atoms with van der Waals surface area (Å²) in [5.74, 6) is 0.384. The number of halogens is 2. The fourth-order valence-corrected chi connectivity index (χ4v) is 2.15. The van der Waals surface area contributed by atoms with E-state index in [1.54, 1.807) is 12.1 Å². The Kier molecular flexibility index (Phi) is 3.36. The van der Waals surface area contributed by atoms with E-state index < -0.39 is 0 Å². The first-order valence-electron chi connectivity index (χ1n) is 4.47. The van der Waals surface area contributed by atoms with E-state index in [0.717, 1.165) is 0 Å². The van der Waals surface area contributed by atoms with Crippen molar-refractivity contribution in [1.29, 1.82) is 0 Å². The molecular weight excluding hydrogens is 251 g/mol. The SMILES string of the molecule is COc1ccc(-c2nnc(CCl)s2)c(F)c1. The van der Waals surface area contributed by atoms with Crippen LogP contribution in [0.4, 0.5) is 4.39 Å². The van der Waals surface area contributed by atoms with Crippen LogP contribution in [0.5, 0.6) is 5.75 Å². The van der Waals surface area contributed by atoms with Crippen molar-refractivity contribution in [1.82, 2.24) is 10.2 Å². The van der Waals surface area contributed by atoms with E-state index in [0.29, 0.717) is 21.3 Å². The molecule has 1 heterocycles. The van der Waals surface area contributed by atoms with Crippen LogP contribution in [0.3, 0.4) is 0 Å². The van der Waals surface area contributed by atoms with E-state index in [1.807, 2.05) is 0 Å². The Bertz CT molecular complexity index is 503. The van der Waals surface area contributed by atoms with Crippen molar-refractivity contribution >= 4 is 22.9 Å². The van der Waals surface area contributed by atoms with Gasteiger partial charge in [0, 0.05) is 11.6 Å². The molecule has 0 unspecified atom stereocenters. The van der Waals surface area contributed by atoms with E-state index in [9.17, 15) is 4.39 Å². The lowest BCUT2D eigenvalue weighted by Gasteiger charge is -2.01. The normalized spacial score (nSPS) is 10.4. The molecule has 0 aliphatic heterocycles. The van der Waals surface area contributed by atoms with E-state index in [2.05, 4.69) is 10.2 Å². The summed E-state index contributed by atoms with van der Waals surface area (Å²) in [4.78, 5) is 0. The highest BCUT2D eigenvalue weighted by Gasteiger charge is 2.11. The van der Waals surface area contributed by atoms with Gasteiger partial charge in [-0.1, -0.05) is 11.3 Å². The van der Waals surface area contributed by atoms with Crippen LogP contribution in [0, 0.1) is 5.82 Å². The fraction of sp³-hybridized carbons (Fsp3) is 0.200. The topological polar surface area (TPSA) is 35.0 Å². The first-order valence-corrected chi connectivity index (χ1v) is 5.82. The molecule has 6 heteroatoms. The Hall–Kier alpha value is -1.20. The summed E-state index contributed by atoms with van der Waals surface area (Å²) in [6.07, 6.45) is 0. The van der Waals surface area contributed by atoms with Gasteiger partial charge in [0.05, 0.1) is 13.0 Å². The molecule has 3 nitrogen and oxygen atoms in total. The third-order valence-electron chi connectivity index (χ3n) is 1.99. The van der Waals surface area contributed by atoms with Crippen molar-refractivity contribution in [3.63, 3.8) is 0 Å². The van der Waals surface area contributed by atoms with Crippen LogP contribution in [0.25, 0.3) is 10.6 Å². The van der Waals surface area contributed by atoms with Gasteiger partial charge in [0.1, 0.15) is 16.6 Å². The van der Waals surface area contributed by atoms with E-state index in [4.69, 9.17) is 16.3 Å². The molecule has 1 aromatic heterocycles. The molecular formula is C10H8ClFN2OS. The second kappa shape index (κ2) is 4.76. The number of hydrogen-bond donors (Lipinski definition) is 0. The maximum absolute atomic E-state index is 13.7. The van der Waals surface area contributed by atoms with Crippen LogP contribution in [0.2, 0.25) is 0 Å². The minimum absolute atomic E-state index is 0.287. The van der Waals surface area contributed by atoms with Crippen molar-refractivity contribution in [2.45, 2.75) is 5.88 Å². The van der Waals surface area contributed by atoms with Gasteiger partial charge in [0.15, 0.2) is 5.01 Å². The minimum atomic E-state index is -0.378. The second-order valence-corrected chi connectivity index (χ2v) is 4.31. The van der Waals surface area contributed by atoms with Crippen molar-refractivity contribution in [2.24, 2.45) is 0 Å². The molecule has 0 N–H and O–H groups in total. The molecule has 0 saturated heterocycles. The predicted octanol–water partition coefficient (Wildman–Crippen LogP) is 3.09. The molecule has 2 rings (SSSR count). The summed E-state index contributed by atoms with van der Waals surface area (Å²) in [7, 11) is 1.49. The predicted molar refractivity (Wildman–Crippen MR) is 61.4 cm³/mol. The standard InChI is InChI=1S/C10H8ClFN2OS/c1-15-6-2-3-7(8(12)4-6)10-14-13-9(5-11)16-10/h2-4H,5H2,1H3. The number of hydrogen-bond acceptors (Lipinski definition) is 4. The molecule has 0 saturated carbocycles. The maximum atomic E-state index is 13.7. The molecule has 2 aromatic rings. The Balaban J connectivity index is 2.40. The number of alkyl halides is 1. The molecule has 0 amide bonds. The molecule has 16 heavy (non-hydrogen) atoms. The summed E-state index contributed by atoms with van der Waals surface area (Å²) in [6.45, 7) is 0. The molecule has 1 aromatic carbocycles. The molecule has 0 aliphatic carbocycles. The average Bonchev–Trinajstić information content (AvgIpc) is 2.77. The van der Waals surface area contributed by atoms with Gasteiger partial charge in [-0.15, -0.1) is 21.8 Å². The maximum Gasteiger partial charge on any atom is 0.150 e. The number of benzene rings is 1. The van der Waals surface area contributed by atoms with Gasteiger partial charge in [-0.05, 0) is 12.1 Å². The molecule has 0 radical (unpaired) electrons. The van der Waals surface area contributed by atoms with Crippen LogP contribution in [-0.2, 0) is 5.88 Å². The molecule has 84 valence electrons. The smallest absolute Gasteiger partial charge is 0.150 e. The number of aromatic nitrogens is 2. The fourth-order valence-electron chi connectivity index (χ4n) is 1.21. The largest absolute Gasteiger partial charge is 0.497 e. The molecule has 0 aliphatic rings. The van der Waals surface area contributed by atoms with Gasteiger partial charge in [0.2, 0.25) is 0 Å². The van der Waals surface area contributed by atoms with E-state index >= 15 is 0 Å². The van der Waals surface area contributed by atoms with Gasteiger partial charge in [-0.25, -0.2) is 4.39 Å². The van der Waals surface area contributed by atoms with Crippen molar-refractivity contribution in [3.8, 4) is 16.3 Å². The van der Waals surface area contributed by atoms with E-state index in [-0.39, 0.29) is 11.7 Å². The molecule has 0 fully saturated rings. The van der Waals surface area contributed by atoms with Crippen molar-refractivity contribution in [3.05, 3.63) is 29.0 Å². The van der Waals surface area contributed by atoms with Gasteiger partial charge in [-0.3, -0.25) is 0 Å². The van der Waals surface area contributed by atoms with Crippen LogP contribution in [0.1, 0.15) is 5.01 Å². The van der Waals surface area contributed by atoms with Gasteiger partial charge < -0.3 is 4.74 Å². The molecule has 0 atom stereocenters. The number of ether oxygens (including phenoxy) is 1. The lowest BCUT2D eigenvalue weighted by Crippen LogP contribution is -1.87. The zero-order valence-electron chi connectivity index (χ0n) is 8.41. The van der Waals surface area contributed by atoms with Crippen LogP contribution >= 0.6 is 22.9 Å². The van der Waals surface area contributed by atoms with Gasteiger partial charge >= 0.3 is 0 Å². The average molecular weight is 259 g/mol. The molecule has 0 spiro atoms. The van der Waals surface area contributed by atoms with Crippen molar-refractivity contribution in [2.75, 3.05) is 7.11 Å². The van der Waals surface area contributed by atoms with Gasteiger partial charge in [-0.2, -0.15) is 0 Å². The first-order chi connectivity index (χ1) is 7.74. The summed E-state index contributed by atoms with van der Waals surface area (Å²) in [5, 5.41) is 8.91. The second-order valence-electron chi connectivity index (χ2n) is 2.98. The van der Waals surface area contributed by atoms with Crippen molar-refractivity contribution < 1.29 is 9.13 Å². The summed E-state index contributed by atoms with van der Waals surface area (Å²) in [6, 6.07) is 4.62. The Morgan fingerprint density at radius 3 is 2.81 bits per heavy atom. The van der Waals surface area contributed by atoms with Gasteiger partial charge in [0.25, 0.3) is 0 Å². The quantitative estimate of drug-likeness (QED) is 0.794. The van der Waals surface area contributed by atoms with Crippen LogP contribution in [-0.4, -0.2) is 17.3 Å². The zero-order valence-corrected chi connectivity index (χ0v) is 9.98. The Morgan fingerprint density at radius 2 is 2.25 bits per heavy atom. The Labute approximate surface area is 101 Å². The lowest BCUT2D eigenvalue weighted by atomic mass is 10.2. The summed E-state index contributed by atoms with van der Waals surface area (Å²) in [5.41, 5.74) is 0.412. The van der Waals surface area contributed by atoms with Crippen LogP contribution < -0.4 is 4.74 Å². The number of nitrogens with zero attached hydrogens (tertiary/aromatic N) is 2. The molecule has 0 bridgehead atoms. The third-order valence-corrected chi connectivity index (χ3v) is 3.36. The minimum Gasteiger partial charge on any atom is -0.497 e. The Morgan fingerprint density at radius 1 is 1.44 bits per heavy atom. The summed E-state index contributed by atoms with van der Waals surface area (Å²) >= 11 is 6.89. The summed E-state index contributed by atoms with van der Waals surface area (Å²) < 4.78 is 18.6. The highest BCUT2D eigenvalue weighted by Crippen LogP contribution is 2.28. The zero-order chi connectivity index (χ0) is 11.5. The monoisotopic (exact) mass is 258 g/mol. The van der Waals surface area contributed by atoms with Crippen LogP contribution in [0.15, 0.2) is 18.2 Å². The first kappa shape index (κ1) is 11.3. The highest BCUT2D eigenvalue weighted by atomic mass is 35.5. The van der Waals surface area contributed by atoms with E-state index in [1.165, 1.54) is 24.5 Å². The lowest BCUT2D eigenvalue weighted by molar-refractivity contribution is 0.411. The highest BCUT2D eigenvalue weighted by molar-refractivity contribution is 7.14. The number of rotatable bonds is 3. The third kappa shape index (κ3) is 2.15. The number of methoxy groups -OCH3 is 1.